The lowest BCUT2D eigenvalue weighted by Gasteiger charge is -2.16. The molecule has 0 spiro atoms. The fraction of sp³-hybridized carbons (Fsp3) is 0.364. The normalized spacial score (nSPS) is 17.5. The van der Waals surface area contributed by atoms with E-state index in [2.05, 4.69) is 0 Å². The predicted octanol–water partition coefficient (Wildman–Crippen LogP) is 3.39. The van der Waals surface area contributed by atoms with Gasteiger partial charge in [-0.1, -0.05) is 23.7 Å². The number of carboxylic acids is 1. The maximum atomic E-state index is 12.8. The molecule has 0 radical (unpaired) electrons. The van der Waals surface area contributed by atoms with Crippen LogP contribution in [0.5, 0.6) is 0 Å². The lowest BCUT2D eigenvalue weighted by molar-refractivity contribution is -0.140. The Morgan fingerprint density at radius 1 is 1.44 bits per heavy atom. The molecule has 5 heteroatoms. The molecular formula is C11H9ClF2O2. The average molecular weight is 247 g/mol. The van der Waals surface area contributed by atoms with Crippen LogP contribution in [0.25, 0.3) is 0 Å². The molecule has 0 atom stereocenters. The van der Waals surface area contributed by atoms with E-state index < -0.39 is 17.8 Å². The Morgan fingerprint density at radius 2 is 2.06 bits per heavy atom. The van der Waals surface area contributed by atoms with Gasteiger partial charge in [0.25, 0.3) is 6.43 Å². The second-order valence-corrected chi connectivity index (χ2v) is 4.30. The van der Waals surface area contributed by atoms with Gasteiger partial charge in [-0.15, -0.1) is 0 Å². The summed E-state index contributed by atoms with van der Waals surface area (Å²) in [6.07, 6.45) is -1.97. The van der Waals surface area contributed by atoms with Gasteiger partial charge in [0.05, 0.1) is 5.41 Å². The molecule has 1 aliphatic carbocycles. The third-order valence-electron chi connectivity index (χ3n) is 2.95. The van der Waals surface area contributed by atoms with Crippen LogP contribution in [0.15, 0.2) is 18.2 Å². The highest BCUT2D eigenvalue weighted by molar-refractivity contribution is 6.31. The van der Waals surface area contributed by atoms with E-state index in [1.54, 1.807) is 0 Å². The molecule has 86 valence electrons. The molecule has 0 heterocycles. The first kappa shape index (κ1) is 11.3. The van der Waals surface area contributed by atoms with Crippen LogP contribution in [-0.2, 0) is 10.2 Å². The fourth-order valence-electron chi connectivity index (χ4n) is 1.90. The topological polar surface area (TPSA) is 37.3 Å². The second kappa shape index (κ2) is 3.70. The van der Waals surface area contributed by atoms with E-state index >= 15 is 0 Å². The molecular weight excluding hydrogens is 238 g/mol. The molecule has 1 aliphatic rings. The van der Waals surface area contributed by atoms with Gasteiger partial charge in [0.1, 0.15) is 0 Å². The van der Waals surface area contributed by atoms with Crippen molar-refractivity contribution < 1.29 is 18.7 Å². The second-order valence-electron chi connectivity index (χ2n) is 3.89. The van der Waals surface area contributed by atoms with Crippen molar-refractivity contribution in [2.45, 2.75) is 24.7 Å². The standard InChI is InChI=1S/C11H9ClF2O2/c12-7-3-1-2-6(8(7)9(13)14)11(4-5-11)10(15)16/h1-3,9H,4-5H2,(H,15,16). The van der Waals surface area contributed by atoms with Gasteiger partial charge < -0.3 is 5.11 Å². The van der Waals surface area contributed by atoms with Gasteiger partial charge in [-0.25, -0.2) is 8.78 Å². The quantitative estimate of drug-likeness (QED) is 0.888. The highest BCUT2D eigenvalue weighted by atomic mass is 35.5. The Hall–Kier alpha value is -1.16. The van der Waals surface area contributed by atoms with E-state index in [9.17, 15) is 13.6 Å². The summed E-state index contributed by atoms with van der Waals surface area (Å²) < 4.78 is 25.7. The van der Waals surface area contributed by atoms with E-state index in [4.69, 9.17) is 16.7 Å². The number of halogens is 3. The zero-order valence-corrected chi connectivity index (χ0v) is 8.97. The summed E-state index contributed by atoms with van der Waals surface area (Å²) >= 11 is 5.69. The van der Waals surface area contributed by atoms with Gasteiger partial charge in [0, 0.05) is 10.6 Å². The molecule has 0 amide bonds. The minimum atomic E-state index is -2.75. The molecule has 1 N–H and O–H groups in total. The zero-order chi connectivity index (χ0) is 11.9. The van der Waals surface area contributed by atoms with Crippen LogP contribution in [0.3, 0.4) is 0 Å². The highest BCUT2D eigenvalue weighted by Gasteiger charge is 2.53. The number of alkyl halides is 2. The molecule has 2 rings (SSSR count). The number of hydrogen-bond donors (Lipinski definition) is 1. The molecule has 0 saturated heterocycles. The molecule has 0 aromatic heterocycles. The first-order chi connectivity index (χ1) is 7.49. The number of carbonyl (C=O) groups is 1. The smallest absolute Gasteiger partial charge is 0.314 e. The highest BCUT2D eigenvalue weighted by Crippen LogP contribution is 2.52. The minimum Gasteiger partial charge on any atom is -0.481 e. The Bertz CT molecular complexity index is 442. The first-order valence-corrected chi connectivity index (χ1v) is 5.17. The van der Waals surface area contributed by atoms with Crippen LogP contribution in [-0.4, -0.2) is 11.1 Å². The zero-order valence-electron chi connectivity index (χ0n) is 8.21. The van der Waals surface area contributed by atoms with Crippen molar-refractivity contribution in [2.24, 2.45) is 0 Å². The van der Waals surface area contributed by atoms with Crippen LogP contribution in [0.2, 0.25) is 5.02 Å². The van der Waals surface area contributed by atoms with Crippen LogP contribution in [0.4, 0.5) is 8.78 Å². The van der Waals surface area contributed by atoms with Crippen LogP contribution in [0, 0.1) is 0 Å². The van der Waals surface area contributed by atoms with Crippen molar-refractivity contribution in [3.05, 3.63) is 34.3 Å². The Morgan fingerprint density at radius 3 is 2.50 bits per heavy atom. The van der Waals surface area contributed by atoms with Crippen molar-refractivity contribution in [1.82, 2.24) is 0 Å². The third-order valence-corrected chi connectivity index (χ3v) is 3.28. The molecule has 2 nitrogen and oxygen atoms in total. The maximum Gasteiger partial charge on any atom is 0.314 e. The van der Waals surface area contributed by atoms with E-state index in [1.165, 1.54) is 18.2 Å². The van der Waals surface area contributed by atoms with Gasteiger partial charge in [0.15, 0.2) is 0 Å². The van der Waals surface area contributed by atoms with Crippen molar-refractivity contribution in [3.8, 4) is 0 Å². The summed E-state index contributed by atoms with van der Waals surface area (Å²) in [4.78, 5) is 11.1. The number of rotatable bonds is 3. The predicted molar refractivity (Wildman–Crippen MR) is 55.0 cm³/mol. The lowest BCUT2D eigenvalue weighted by Crippen LogP contribution is -2.21. The van der Waals surface area contributed by atoms with Crippen LogP contribution >= 0.6 is 11.6 Å². The maximum absolute atomic E-state index is 12.8. The first-order valence-electron chi connectivity index (χ1n) is 4.79. The molecule has 1 aromatic carbocycles. The fourth-order valence-corrected chi connectivity index (χ4v) is 2.16. The van der Waals surface area contributed by atoms with E-state index in [1.807, 2.05) is 0 Å². The number of carboxylic acid groups (broad SMARTS) is 1. The molecule has 1 aromatic rings. The molecule has 0 aliphatic heterocycles. The molecule has 1 fully saturated rings. The van der Waals surface area contributed by atoms with Gasteiger partial charge >= 0.3 is 5.97 Å². The monoisotopic (exact) mass is 246 g/mol. The molecule has 1 saturated carbocycles. The number of hydrogen-bond acceptors (Lipinski definition) is 1. The number of aliphatic carboxylic acids is 1. The van der Waals surface area contributed by atoms with Crippen LogP contribution in [0.1, 0.15) is 30.4 Å². The van der Waals surface area contributed by atoms with Gasteiger partial charge in [-0.3, -0.25) is 4.79 Å². The van der Waals surface area contributed by atoms with Gasteiger partial charge in [0.2, 0.25) is 0 Å². The van der Waals surface area contributed by atoms with Gasteiger partial charge in [-0.2, -0.15) is 0 Å². The van der Waals surface area contributed by atoms with Crippen molar-refractivity contribution in [3.63, 3.8) is 0 Å². The van der Waals surface area contributed by atoms with Crippen molar-refractivity contribution >= 4 is 17.6 Å². The van der Waals surface area contributed by atoms with E-state index in [-0.39, 0.29) is 16.1 Å². The summed E-state index contributed by atoms with van der Waals surface area (Å²) in [5, 5.41) is 9.00. The molecule has 0 unspecified atom stereocenters. The molecule has 16 heavy (non-hydrogen) atoms. The number of benzene rings is 1. The Kier molecular flexibility index (Phi) is 2.62. The molecule has 0 bridgehead atoms. The van der Waals surface area contributed by atoms with Crippen molar-refractivity contribution in [1.29, 1.82) is 0 Å². The summed E-state index contributed by atoms with van der Waals surface area (Å²) in [5.74, 6) is -1.06. The summed E-state index contributed by atoms with van der Waals surface area (Å²) in [6, 6.07) is 4.28. The van der Waals surface area contributed by atoms with Crippen molar-refractivity contribution in [2.75, 3.05) is 0 Å². The summed E-state index contributed by atoms with van der Waals surface area (Å²) in [5.41, 5.74) is -1.33. The Labute approximate surface area is 95.8 Å². The lowest BCUT2D eigenvalue weighted by atomic mass is 9.91. The average Bonchev–Trinajstić information content (AvgIpc) is 2.97. The van der Waals surface area contributed by atoms with E-state index in [0.717, 1.165) is 0 Å². The van der Waals surface area contributed by atoms with Gasteiger partial charge in [-0.05, 0) is 24.5 Å². The summed E-state index contributed by atoms with van der Waals surface area (Å²) in [7, 11) is 0. The Balaban J connectivity index is 2.57. The summed E-state index contributed by atoms with van der Waals surface area (Å²) in [6.45, 7) is 0. The van der Waals surface area contributed by atoms with E-state index in [0.29, 0.717) is 12.8 Å². The largest absolute Gasteiger partial charge is 0.481 e. The van der Waals surface area contributed by atoms with Crippen LogP contribution < -0.4 is 0 Å². The third kappa shape index (κ3) is 1.57. The minimum absolute atomic E-state index is 0.0694. The SMILES string of the molecule is O=C(O)C1(c2cccc(Cl)c2C(F)F)CC1.